The molecular formula is C14H16FN3O2S. The highest BCUT2D eigenvalue weighted by molar-refractivity contribution is 7.89. The number of hydrogen-bond donors (Lipinski definition) is 3. The Morgan fingerprint density at radius 2 is 1.81 bits per heavy atom. The Morgan fingerprint density at radius 1 is 1.10 bits per heavy atom. The highest BCUT2D eigenvalue weighted by atomic mass is 32.2. The van der Waals surface area contributed by atoms with Crippen molar-refractivity contribution < 1.29 is 12.8 Å². The zero-order chi connectivity index (χ0) is 15.3. The molecule has 7 heteroatoms. The van der Waals surface area contributed by atoms with Gasteiger partial charge in [0.1, 0.15) is 5.82 Å². The number of hydrogen-bond acceptors (Lipinski definition) is 4. The molecule has 0 aliphatic rings. The lowest BCUT2D eigenvalue weighted by Gasteiger charge is -2.08. The fraction of sp³-hybridized carbons (Fsp3) is 0.143. The molecule has 4 N–H and O–H groups in total. The van der Waals surface area contributed by atoms with Crippen molar-refractivity contribution in [2.75, 3.05) is 12.0 Å². The number of nitrogens with one attached hydrogen (secondary N) is 2. The first-order chi connectivity index (χ1) is 10.0. The van der Waals surface area contributed by atoms with Crippen molar-refractivity contribution in [3.8, 4) is 0 Å². The van der Waals surface area contributed by atoms with Crippen LogP contribution < -0.4 is 16.0 Å². The quantitative estimate of drug-likeness (QED) is 0.559. The van der Waals surface area contributed by atoms with Gasteiger partial charge in [0.15, 0.2) is 0 Å². The third-order valence-corrected chi connectivity index (χ3v) is 4.40. The first-order valence-corrected chi connectivity index (χ1v) is 7.80. The van der Waals surface area contributed by atoms with Gasteiger partial charge in [-0.25, -0.2) is 17.5 Å². The number of nitrogen functional groups attached to an aromatic ring is 1. The van der Waals surface area contributed by atoms with Gasteiger partial charge in [0, 0.05) is 12.2 Å². The van der Waals surface area contributed by atoms with Crippen LogP contribution in [0.1, 0.15) is 5.56 Å². The zero-order valence-electron chi connectivity index (χ0n) is 11.2. The minimum absolute atomic E-state index is 0.153. The van der Waals surface area contributed by atoms with E-state index in [1.807, 2.05) is 0 Å². The van der Waals surface area contributed by atoms with E-state index in [0.717, 1.165) is 5.56 Å². The maximum Gasteiger partial charge on any atom is 0.240 e. The molecule has 0 amide bonds. The van der Waals surface area contributed by atoms with Crippen LogP contribution in [0.25, 0.3) is 0 Å². The van der Waals surface area contributed by atoms with E-state index in [4.69, 9.17) is 5.84 Å². The predicted octanol–water partition coefficient (Wildman–Crippen LogP) is 1.63. The summed E-state index contributed by atoms with van der Waals surface area (Å²) in [7, 11) is -3.58. The van der Waals surface area contributed by atoms with E-state index >= 15 is 0 Å². The number of rotatable bonds is 6. The molecule has 0 aromatic heterocycles. The standard InChI is InChI=1S/C14H16FN3O2S/c15-12-3-1-2-11(10-12)8-9-17-21(19,20)14-6-4-13(18-16)5-7-14/h1-7,10,17-18H,8-9,16H2. The van der Waals surface area contributed by atoms with E-state index < -0.39 is 10.0 Å². The van der Waals surface area contributed by atoms with Crippen molar-refractivity contribution in [2.45, 2.75) is 11.3 Å². The summed E-state index contributed by atoms with van der Waals surface area (Å²) in [6.45, 7) is 0.197. The van der Waals surface area contributed by atoms with Crippen LogP contribution in [0.2, 0.25) is 0 Å². The van der Waals surface area contributed by atoms with Gasteiger partial charge in [-0.3, -0.25) is 5.84 Å². The number of halogens is 1. The summed E-state index contributed by atoms with van der Waals surface area (Å²) in [4.78, 5) is 0.153. The Hall–Kier alpha value is -1.96. The molecule has 0 bridgehead atoms. The maximum atomic E-state index is 13.0. The van der Waals surface area contributed by atoms with Crippen LogP contribution >= 0.6 is 0 Å². The average molecular weight is 309 g/mol. The summed E-state index contributed by atoms with van der Waals surface area (Å²) in [5, 5.41) is 0. The van der Waals surface area contributed by atoms with Gasteiger partial charge in [-0.1, -0.05) is 12.1 Å². The van der Waals surface area contributed by atoms with Gasteiger partial charge in [-0.15, -0.1) is 0 Å². The van der Waals surface area contributed by atoms with Crippen molar-refractivity contribution >= 4 is 15.7 Å². The predicted molar refractivity (Wildman–Crippen MR) is 79.5 cm³/mol. The Labute approximate surface area is 123 Å². The highest BCUT2D eigenvalue weighted by Gasteiger charge is 2.12. The van der Waals surface area contributed by atoms with Crippen LogP contribution in [0.4, 0.5) is 10.1 Å². The molecule has 0 spiro atoms. The second kappa shape index (κ2) is 6.66. The fourth-order valence-corrected chi connectivity index (χ4v) is 2.87. The molecule has 0 aliphatic heterocycles. The summed E-state index contributed by atoms with van der Waals surface area (Å²) in [5.74, 6) is 4.89. The molecule has 0 fully saturated rings. The third-order valence-electron chi connectivity index (χ3n) is 2.93. The van der Waals surface area contributed by atoms with Crippen LogP contribution in [-0.2, 0) is 16.4 Å². The van der Waals surface area contributed by atoms with Crippen LogP contribution in [0.5, 0.6) is 0 Å². The lowest BCUT2D eigenvalue weighted by atomic mass is 10.1. The summed E-state index contributed by atoms with van der Waals surface area (Å²) >= 11 is 0. The minimum atomic E-state index is -3.58. The SMILES string of the molecule is NNc1ccc(S(=O)(=O)NCCc2cccc(F)c2)cc1. The largest absolute Gasteiger partial charge is 0.324 e. The third kappa shape index (κ3) is 4.25. The monoisotopic (exact) mass is 309 g/mol. The van der Waals surface area contributed by atoms with E-state index in [-0.39, 0.29) is 17.3 Å². The lowest BCUT2D eigenvalue weighted by Crippen LogP contribution is -2.26. The van der Waals surface area contributed by atoms with Crippen molar-refractivity contribution in [1.29, 1.82) is 0 Å². The number of hydrazine groups is 1. The molecule has 0 atom stereocenters. The maximum absolute atomic E-state index is 13.0. The lowest BCUT2D eigenvalue weighted by molar-refractivity contribution is 0.581. The fourth-order valence-electron chi connectivity index (χ4n) is 1.84. The summed E-state index contributed by atoms with van der Waals surface area (Å²) in [6, 6.07) is 12.1. The second-order valence-electron chi connectivity index (χ2n) is 4.45. The zero-order valence-corrected chi connectivity index (χ0v) is 12.0. The Bertz CT molecular complexity index is 702. The van der Waals surface area contributed by atoms with Crippen molar-refractivity contribution in [1.82, 2.24) is 4.72 Å². The summed E-state index contributed by atoms with van der Waals surface area (Å²) in [6.07, 6.45) is 0.416. The topological polar surface area (TPSA) is 84.2 Å². The van der Waals surface area contributed by atoms with Crippen LogP contribution in [0, 0.1) is 5.82 Å². The van der Waals surface area contributed by atoms with Crippen molar-refractivity contribution in [3.63, 3.8) is 0 Å². The van der Waals surface area contributed by atoms with Gasteiger partial charge in [0.2, 0.25) is 10.0 Å². The molecule has 112 valence electrons. The average Bonchev–Trinajstić information content (AvgIpc) is 2.47. The van der Waals surface area contributed by atoms with E-state index in [0.29, 0.717) is 12.1 Å². The summed E-state index contributed by atoms with van der Waals surface area (Å²) < 4.78 is 39.6. The number of anilines is 1. The molecular weight excluding hydrogens is 293 g/mol. The Morgan fingerprint density at radius 3 is 2.43 bits per heavy atom. The Kier molecular flexibility index (Phi) is 4.89. The molecule has 0 unspecified atom stereocenters. The molecule has 2 aromatic carbocycles. The van der Waals surface area contributed by atoms with E-state index in [9.17, 15) is 12.8 Å². The molecule has 0 heterocycles. The van der Waals surface area contributed by atoms with Gasteiger partial charge in [0.05, 0.1) is 4.90 Å². The number of sulfonamides is 1. The van der Waals surface area contributed by atoms with Gasteiger partial charge in [-0.05, 0) is 48.4 Å². The molecule has 2 rings (SSSR count). The number of nitrogens with two attached hydrogens (primary N) is 1. The number of benzene rings is 2. The van der Waals surface area contributed by atoms with Gasteiger partial charge >= 0.3 is 0 Å². The van der Waals surface area contributed by atoms with E-state index in [1.54, 1.807) is 24.3 Å². The Balaban J connectivity index is 1.97. The van der Waals surface area contributed by atoms with E-state index in [1.165, 1.54) is 24.3 Å². The molecule has 0 aliphatic carbocycles. The minimum Gasteiger partial charge on any atom is -0.324 e. The smallest absolute Gasteiger partial charge is 0.240 e. The van der Waals surface area contributed by atoms with Gasteiger partial charge in [-0.2, -0.15) is 0 Å². The highest BCUT2D eigenvalue weighted by Crippen LogP contribution is 2.13. The second-order valence-corrected chi connectivity index (χ2v) is 6.21. The summed E-state index contributed by atoms with van der Waals surface area (Å²) in [5.41, 5.74) is 3.78. The molecule has 2 aromatic rings. The molecule has 0 saturated carbocycles. The normalized spacial score (nSPS) is 11.3. The van der Waals surface area contributed by atoms with Crippen molar-refractivity contribution in [3.05, 3.63) is 59.9 Å². The molecule has 5 nitrogen and oxygen atoms in total. The first kappa shape index (κ1) is 15.4. The van der Waals surface area contributed by atoms with E-state index in [2.05, 4.69) is 10.1 Å². The molecule has 0 saturated heterocycles. The first-order valence-electron chi connectivity index (χ1n) is 6.32. The van der Waals surface area contributed by atoms with Crippen LogP contribution in [0.15, 0.2) is 53.4 Å². The van der Waals surface area contributed by atoms with Crippen LogP contribution in [0.3, 0.4) is 0 Å². The van der Waals surface area contributed by atoms with Gasteiger partial charge in [0.25, 0.3) is 0 Å². The van der Waals surface area contributed by atoms with Gasteiger partial charge < -0.3 is 5.43 Å². The van der Waals surface area contributed by atoms with Crippen molar-refractivity contribution in [2.24, 2.45) is 5.84 Å². The molecule has 21 heavy (non-hydrogen) atoms. The molecule has 0 radical (unpaired) electrons. The van der Waals surface area contributed by atoms with Crippen LogP contribution in [-0.4, -0.2) is 15.0 Å².